The number of hydrogen-bond donors (Lipinski definition) is 5. The standard InChI is InChI=1S/C26H34F3N6O5PS.C2HF3O2/c1-16(2)25(17(3)4,41(36,37)38)19-10-7-11-20(13-19)33-24-32-15-21(26(27,28)29)22(34-24)31-14-18-9-8-12-30-23(18)35(5)42(6,39)40;3-2(4,5)1(6)7/h7-13,15-17H,14H2,1-6H3,(H2,36,37,38)(H2,31,32,33,34);(H,6,7). The minimum atomic E-state index is -5.08. The number of benzene rings is 1. The van der Waals surface area contributed by atoms with Gasteiger partial charge in [0.05, 0.1) is 6.26 Å². The second-order valence-electron chi connectivity index (χ2n) is 11.2. The van der Waals surface area contributed by atoms with E-state index in [2.05, 4.69) is 25.6 Å². The summed E-state index contributed by atoms with van der Waals surface area (Å²) >= 11 is 0. The highest BCUT2D eigenvalue weighted by Gasteiger charge is 2.53. The topological polar surface area (TPSA) is 195 Å². The normalized spacial score (nSPS) is 12.7. The minimum absolute atomic E-state index is 0.0362. The van der Waals surface area contributed by atoms with E-state index in [0.29, 0.717) is 23.0 Å². The van der Waals surface area contributed by atoms with Crippen molar-refractivity contribution in [1.29, 1.82) is 0 Å². The van der Waals surface area contributed by atoms with E-state index in [0.717, 1.165) is 10.6 Å². The van der Waals surface area contributed by atoms with Crippen LogP contribution >= 0.6 is 7.60 Å². The lowest BCUT2D eigenvalue weighted by Crippen LogP contribution is -2.37. The first-order valence-corrected chi connectivity index (χ1v) is 17.5. The average Bonchev–Trinajstić information content (AvgIpc) is 2.94. The predicted octanol–water partition coefficient (Wildman–Crippen LogP) is 5.96. The number of aliphatic carboxylic acids is 1. The first-order valence-electron chi connectivity index (χ1n) is 14.0. The van der Waals surface area contributed by atoms with Crippen LogP contribution in [0.1, 0.15) is 44.4 Å². The molecular weight excluding hydrogens is 709 g/mol. The van der Waals surface area contributed by atoms with Crippen molar-refractivity contribution in [2.45, 2.75) is 51.7 Å². The lowest BCUT2D eigenvalue weighted by molar-refractivity contribution is -0.192. The fraction of sp³-hybridized carbons (Fsp3) is 0.429. The number of pyridine rings is 1. The highest BCUT2D eigenvalue weighted by Crippen LogP contribution is 2.64. The third kappa shape index (κ3) is 10.0. The molecule has 0 bridgehead atoms. The Labute approximate surface area is 278 Å². The van der Waals surface area contributed by atoms with Crippen LogP contribution in [0.15, 0.2) is 48.8 Å². The van der Waals surface area contributed by atoms with Crippen LogP contribution in [-0.2, 0) is 37.3 Å². The van der Waals surface area contributed by atoms with E-state index in [4.69, 9.17) is 9.90 Å². The monoisotopic (exact) mass is 744 g/mol. The third-order valence-corrected chi connectivity index (χ3v) is 10.7. The fourth-order valence-electron chi connectivity index (χ4n) is 5.12. The second kappa shape index (κ2) is 15.3. The van der Waals surface area contributed by atoms with Crippen LogP contribution in [0.5, 0.6) is 0 Å². The zero-order valence-corrected chi connectivity index (χ0v) is 28.6. The molecule has 0 saturated carbocycles. The van der Waals surface area contributed by atoms with Crippen molar-refractivity contribution in [1.82, 2.24) is 15.0 Å². The molecule has 0 aliphatic heterocycles. The maximum absolute atomic E-state index is 13.8. The van der Waals surface area contributed by atoms with Crippen molar-refractivity contribution >= 4 is 46.9 Å². The summed E-state index contributed by atoms with van der Waals surface area (Å²) in [7, 11) is -7.09. The van der Waals surface area contributed by atoms with Crippen molar-refractivity contribution in [3.63, 3.8) is 0 Å². The van der Waals surface area contributed by atoms with E-state index >= 15 is 0 Å². The highest BCUT2D eigenvalue weighted by molar-refractivity contribution is 7.92. The number of alkyl halides is 6. The van der Waals surface area contributed by atoms with Gasteiger partial charge in [-0.1, -0.05) is 45.9 Å². The number of anilines is 4. The molecule has 5 N–H and O–H groups in total. The lowest BCUT2D eigenvalue weighted by Gasteiger charge is -2.42. The highest BCUT2D eigenvalue weighted by atomic mass is 32.2. The third-order valence-electron chi connectivity index (χ3n) is 7.27. The Balaban J connectivity index is 0.00000107. The molecule has 13 nitrogen and oxygen atoms in total. The van der Waals surface area contributed by atoms with Crippen LogP contribution < -0.4 is 14.9 Å². The summed E-state index contributed by atoms with van der Waals surface area (Å²) in [5.41, 5.74) is -0.184. The molecule has 0 aliphatic carbocycles. The number of carbonyl (C=O) groups is 1. The maximum atomic E-state index is 13.8. The number of rotatable bonds is 11. The molecule has 21 heteroatoms. The molecule has 0 spiro atoms. The van der Waals surface area contributed by atoms with Gasteiger partial charge in [0.15, 0.2) is 0 Å². The minimum Gasteiger partial charge on any atom is -0.475 e. The molecule has 0 aliphatic rings. The molecular formula is C28H35F6N6O7PS. The van der Waals surface area contributed by atoms with E-state index in [1.165, 1.54) is 31.4 Å². The molecule has 0 atom stereocenters. The van der Waals surface area contributed by atoms with Gasteiger partial charge in [-0.25, -0.2) is 23.2 Å². The molecule has 0 amide bonds. The van der Waals surface area contributed by atoms with E-state index in [-0.39, 0.29) is 18.3 Å². The van der Waals surface area contributed by atoms with Gasteiger partial charge in [-0.05, 0) is 35.6 Å². The SMILES string of the molecule is CC(C)C(c1cccc(Nc2ncc(C(F)(F)F)c(NCc3cccnc3N(C)S(C)(=O)=O)n2)c1)(C(C)C)P(=O)(O)O.O=C(O)C(F)(F)F. The Morgan fingerprint density at radius 1 is 1.00 bits per heavy atom. The molecule has 2 aromatic heterocycles. The van der Waals surface area contributed by atoms with Crippen LogP contribution in [0.4, 0.5) is 49.6 Å². The molecule has 272 valence electrons. The second-order valence-corrected chi connectivity index (χ2v) is 15.1. The lowest BCUT2D eigenvalue weighted by atomic mass is 9.78. The van der Waals surface area contributed by atoms with Gasteiger partial charge < -0.3 is 25.5 Å². The molecule has 0 unspecified atom stereocenters. The maximum Gasteiger partial charge on any atom is 0.490 e. The first kappa shape index (κ1) is 41.2. The van der Waals surface area contributed by atoms with Gasteiger partial charge in [0, 0.05) is 37.2 Å². The van der Waals surface area contributed by atoms with Crippen LogP contribution in [-0.4, -0.2) is 63.7 Å². The first-order chi connectivity index (χ1) is 22.2. The van der Waals surface area contributed by atoms with Gasteiger partial charge >= 0.3 is 25.9 Å². The average molecular weight is 745 g/mol. The van der Waals surface area contributed by atoms with Crippen LogP contribution in [0, 0.1) is 11.8 Å². The van der Waals surface area contributed by atoms with Gasteiger partial charge in [-0.3, -0.25) is 8.87 Å². The molecule has 2 heterocycles. The van der Waals surface area contributed by atoms with Crippen molar-refractivity contribution < 1.29 is 59.0 Å². The number of aromatic nitrogens is 3. The number of hydrogen-bond acceptors (Lipinski definition) is 9. The number of sulfonamides is 1. The molecule has 3 rings (SSSR count). The van der Waals surface area contributed by atoms with Crippen molar-refractivity contribution in [3.05, 3.63) is 65.5 Å². The molecule has 0 radical (unpaired) electrons. The number of carboxylic acids is 1. The Bertz CT molecular complexity index is 1780. The summed E-state index contributed by atoms with van der Waals surface area (Å²) in [5, 5.41) is 11.1. The van der Waals surface area contributed by atoms with Crippen LogP contribution in [0.2, 0.25) is 0 Å². The van der Waals surface area contributed by atoms with E-state index in [1.807, 2.05) is 0 Å². The zero-order chi connectivity index (χ0) is 37.8. The summed E-state index contributed by atoms with van der Waals surface area (Å²) in [6.45, 7) is 6.63. The number of nitrogens with one attached hydrogen (secondary N) is 2. The Hall–Kier alpha value is -4.00. The van der Waals surface area contributed by atoms with E-state index < -0.39 is 64.3 Å². The quantitative estimate of drug-likeness (QED) is 0.114. The van der Waals surface area contributed by atoms with Crippen molar-refractivity contribution in [2.24, 2.45) is 11.8 Å². The largest absolute Gasteiger partial charge is 0.490 e. The van der Waals surface area contributed by atoms with Gasteiger partial charge in [0.2, 0.25) is 16.0 Å². The van der Waals surface area contributed by atoms with Gasteiger partial charge in [-0.2, -0.15) is 31.3 Å². The van der Waals surface area contributed by atoms with Crippen molar-refractivity contribution in [3.8, 4) is 0 Å². The van der Waals surface area contributed by atoms with Gasteiger partial charge in [0.1, 0.15) is 22.4 Å². The Morgan fingerprint density at radius 3 is 2.04 bits per heavy atom. The smallest absolute Gasteiger partial charge is 0.475 e. The fourth-order valence-corrected chi connectivity index (χ4v) is 7.42. The number of carboxylic acid groups (broad SMARTS) is 1. The summed E-state index contributed by atoms with van der Waals surface area (Å²) < 4.78 is 111. The summed E-state index contributed by atoms with van der Waals surface area (Å²) in [6.07, 6.45) is -6.94. The number of halogens is 6. The zero-order valence-electron chi connectivity index (χ0n) is 26.9. The Morgan fingerprint density at radius 2 is 1.57 bits per heavy atom. The molecule has 3 aromatic rings. The molecule has 0 saturated heterocycles. The summed E-state index contributed by atoms with van der Waals surface area (Å²) in [6, 6.07) is 9.32. The van der Waals surface area contributed by atoms with E-state index in [9.17, 15) is 49.1 Å². The molecule has 1 aromatic carbocycles. The predicted molar refractivity (Wildman–Crippen MR) is 169 cm³/mol. The molecule has 0 fully saturated rings. The number of nitrogens with zero attached hydrogens (tertiary/aromatic N) is 4. The van der Waals surface area contributed by atoms with E-state index in [1.54, 1.807) is 45.9 Å². The van der Waals surface area contributed by atoms with Gasteiger partial charge in [0.25, 0.3) is 0 Å². The van der Waals surface area contributed by atoms with Crippen LogP contribution in [0.25, 0.3) is 0 Å². The van der Waals surface area contributed by atoms with Crippen LogP contribution in [0.3, 0.4) is 0 Å². The van der Waals surface area contributed by atoms with Crippen molar-refractivity contribution in [2.75, 3.05) is 28.2 Å². The van der Waals surface area contributed by atoms with Gasteiger partial charge in [-0.15, -0.1) is 0 Å². The summed E-state index contributed by atoms with van der Waals surface area (Å²) in [4.78, 5) is 41.6. The molecule has 49 heavy (non-hydrogen) atoms. The Kier molecular flexibility index (Phi) is 12.8. The summed E-state index contributed by atoms with van der Waals surface area (Å²) in [5.74, 6) is -4.40.